The van der Waals surface area contributed by atoms with Gasteiger partial charge in [-0.25, -0.2) is 0 Å². The lowest BCUT2D eigenvalue weighted by Crippen LogP contribution is -2.25. The summed E-state index contributed by atoms with van der Waals surface area (Å²) in [4.78, 5) is 0. The van der Waals surface area contributed by atoms with Gasteiger partial charge in [-0.1, -0.05) is 29.3 Å². The molecule has 92 valence electrons. The molecule has 3 nitrogen and oxygen atoms in total. The van der Waals surface area contributed by atoms with Crippen molar-refractivity contribution in [2.24, 2.45) is 0 Å². The monoisotopic (exact) mass is 296 g/mol. The minimum atomic E-state index is 0.248. The molecule has 1 aromatic carbocycles. The van der Waals surface area contributed by atoms with E-state index in [0.717, 1.165) is 23.0 Å². The van der Waals surface area contributed by atoms with Gasteiger partial charge in [0.1, 0.15) is 6.07 Å². The van der Waals surface area contributed by atoms with E-state index >= 15 is 0 Å². The van der Waals surface area contributed by atoms with Crippen LogP contribution >= 0.6 is 15.9 Å². The summed E-state index contributed by atoms with van der Waals surface area (Å²) in [7, 11) is 1.69. The zero-order valence-corrected chi connectivity index (χ0v) is 11.8. The van der Waals surface area contributed by atoms with Crippen LogP contribution in [0.25, 0.3) is 0 Å². The Balaban J connectivity index is 2.81. The Morgan fingerprint density at radius 3 is 2.88 bits per heavy atom. The van der Waals surface area contributed by atoms with Crippen molar-refractivity contribution < 1.29 is 4.74 Å². The Kier molecular flexibility index (Phi) is 6.03. The number of anilines is 1. The van der Waals surface area contributed by atoms with Gasteiger partial charge in [-0.15, -0.1) is 0 Å². The average molecular weight is 297 g/mol. The standard InChI is InChI=1S/C13H17BrN2O/c1-3-4-12(9-17-2)16-13-6-5-11(14)7-10(13)8-15/h5-7,12,16H,3-4,9H2,1-2H3. The summed E-state index contributed by atoms with van der Waals surface area (Å²) in [6, 6.07) is 8.11. The van der Waals surface area contributed by atoms with Gasteiger partial charge in [-0.05, 0) is 24.6 Å². The van der Waals surface area contributed by atoms with Crippen molar-refractivity contribution in [3.05, 3.63) is 28.2 Å². The minimum Gasteiger partial charge on any atom is -0.383 e. The third-order valence-electron chi connectivity index (χ3n) is 2.47. The molecule has 0 spiro atoms. The highest BCUT2D eigenvalue weighted by Gasteiger charge is 2.10. The third kappa shape index (κ3) is 4.37. The summed E-state index contributed by atoms with van der Waals surface area (Å²) in [5.74, 6) is 0. The Labute approximate surface area is 111 Å². The smallest absolute Gasteiger partial charge is 0.101 e. The molecule has 0 aliphatic heterocycles. The summed E-state index contributed by atoms with van der Waals surface area (Å²) >= 11 is 3.36. The highest BCUT2D eigenvalue weighted by molar-refractivity contribution is 9.10. The maximum Gasteiger partial charge on any atom is 0.101 e. The van der Waals surface area contributed by atoms with Gasteiger partial charge in [0.2, 0.25) is 0 Å². The molecule has 1 atom stereocenters. The number of nitrogens with zero attached hydrogens (tertiary/aromatic N) is 1. The van der Waals surface area contributed by atoms with Crippen molar-refractivity contribution in [3.8, 4) is 6.07 Å². The number of methoxy groups -OCH3 is 1. The third-order valence-corrected chi connectivity index (χ3v) is 2.96. The molecule has 1 unspecified atom stereocenters. The molecular weight excluding hydrogens is 280 g/mol. The molecule has 17 heavy (non-hydrogen) atoms. The minimum absolute atomic E-state index is 0.248. The summed E-state index contributed by atoms with van der Waals surface area (Å²) in [5, 5.41) is 12.4. The van der Waals surface area contributed by atoms with E-state index in [1.807, 2.05) is 18.2 Å². The van der Waals surface area contributed by atoms with Crippen LogP contribution in [-0.4, -0.2) is 19.8 Å². The van der Waals surface area contributed by atoms with Gasteiger partial charge in [0, 0.05) is 17.6 Å². The first-order valence-electron chi connectivity index (χ1n) is 5.66. The topological polar surface area (TPSA) is 45.0 Å². The molecule has 0 saturated heterocycles. The lowest BCUT2D eigenvalue weighted by molar-refractivity contribution is 0.182. The summed E-state index contributed by atoms with van der Waals surface area (Å²) in [6.45, 7) is 2.78. The number of hydrogen-bond acceptors (Lipinski definition) is 3. The van der Waals surface area contributed by atoms with E-state index in [9.17, 15) is 0 Å². The van der Waals surface area contributed by atoms with Gasteiger partial charge in [0.25, 0.3) is 0 Å². The Bertz CT molecular complexity index is 395. The van der Waals surface area contributed by atoms with Crippen LogP contribution in [0.15, 0.2) is 22.7 Å². The van der Waals surface area contributed by atoms with Crippen molar-refractivity contribution in [2.75, 3.05) is 19.0 Å². The quantitative estimate of drug-likeness (QED) is 0.873. The molecule has 0 bridgehead atoms. The van der Waals surface area contributed by atoms with Crippen LogP contribution in [0.2, 0.25) is 0 Å². The fourth-order valence-electron chi connectivity index (χ4n) is 1.70. The van der Waals surface area contributed by atoms with Gasteiger partial charge in [-0.2, -0.15) is 5.26 Å². The van der Waals surface area contributed by atoms with Crippen molar-refractivity contribution in [2.45, 2.75) is 25.8 Å². The predicted molar refractivity (Wildman–Crippen MR) is 73.1 cm³/mol. The van der Waals surface area contributed by atoms with Crippen LogP contribution in [-0.2, 0) is 4.74 Å². The molecule has 0 amide bonds. The second kappa shape index (κ2) is 7.31. The molecule has 0 fully saturated rings. The van der Waals surface area contributed by atoms with E-state index < -0.39 is 0 Å². The highest BCUT2D eigenvalue weighted by atomic mass is 79.9. The van der Waals surface area contributed by atoms with E-state index in [1.165, 1.54) is 0 Å². The van der Waals surface area contributed by atoms with Crippen LogP contribution in [0.1, 0.15) is 25.3 Å². The van der Waals surface area contributed by atoms with E-state index in [2.05, 4.69) is 34.2 Å². The summed E-state index contributed by atoms with van der Waals surface area (Å²) in [6.07, 6.45) is 2.11. The Morgan fingerprint density at radius 1 is 1.53 bits per heavy atom. The first-order valence-corrected chi connectivity index (χ1v) is 6.45. The number of nitriles is 1. The maximum absolute atomic E-state index is 9.07. The molecule has 1 aromatic rings. The maximum atomic E-state index is 9.07. The number of rotatable bonds is 6. The molecule has 0 heterocycles. The summed E-state index contributed by atoms with van der Waals surface area (Å²) in [5.41, 5.74) is 1.52. The van der Waals surface area contributed by atoms with E-state index in [-0.39, 0.29) is 6.04 Å². The molecule has 0 radical (unpaired) electrons. The van der Waals surface area contributed by atoms with Crippen molar-refractivity contribution in [3.63, 3.8) is 0 Å². The van der Waals surface area contributed by atoms with Crippen LogP contribution in [0.4, 0.5) is 5.69 Å². The Hall–Kier alpha value is -1.05. The molecule has 4 heteroatoms. The van der Waals surface area contributed by atoms with Crippen LogP contribution in [0, 0.1) is 11.3 Å². The zero-order chi connectivity index (χ0) is 12.7. The zero-order valence-electron chi connectivity index (χ0n) is 10.2. The van der Waals surface area contributed by atoms with Crippen LogP contribution in [0.3, 0.4) is 0 Å². The van der Waals surface area contributed by atoms with Crippen LogP contribution < -0.4 is 5.32 Å². The fraction of sp³-hybridized carbons (Fsp3) is 0.462. The van der Waals surface area contributed by atoms with E-state index in [4.69, 9.17) is 10.00 Å². The number of halogens is 1. The summed E-state index contributed by atoms with van der Waals surface area (Å²) < 4.78 is 6.09. The van der Waals surface area contributed by atoms with E-state index in [0.29, 0.717) is 12.2 Å². The van der Waals surface area contributed by atoms with Crippen LogP contribution in [0.5, 0.6) is 0 Å². The first kappa shape index (κ1) is 14.0. The molecule has 0 aliphatic carbocycles. The first-order chi connectivity index (χ1) is 8.21. The number of nitrogens with one attached hydrogen (secondary N) is 1. The largest absolute Gasteiger partial charge is 0.383 e. The normalized spacial score (nSPS) is 11.9. The molecule has 1 rings (SSSR count). The van der Waals surface area contributed by atoms with Gasteiger partial charge >= 0.3 is 0 Å². The van der Waals surface area contributed by atoms with Gasteiger partial charge in [0.05, 0.1) is 17.9 Å². The van der Waals surface area contributed by atoms with Gasteiger partial charge in [0.15, 0.2) is 0 Å². The average Bonchev–Trinajstić information content (AvgIpc) is 2.32. The van der Waals surface area contributed by atoms with Crippen molar-refractivity contribution in [1.82, 2.24) is 0 Å². The number of hydrogen-bond donors (Lipinski definition) is 1. The Morgan fingerprint density at radius 2 is 2.29 bits per heavy atom. The van der Waals surface area contributed by atoms with Crippen molar-refractivity contribution in [1.29, 1.82) is 5.26 Å². The second-order valence-electron chi connectivity index (χ2n) is 3.89. The van der Waals surface area contributed by atoms with Gasteiger partial charge in [-0.3, -0.25) is 0 Å². The molecule has 0 aromatic heterocycles. The molecule has 0 saturated carbocycles. The molecular formula is C13H17BrN2O. The predicted octanol–water partition coefficient (Wildman–Crippen LogP) is 3.55. The fourth-order valence-corrected chi connectivity index (χ4v) is 2.06. The molecule has 1 N–H and O–H groups in total. The van der Waals surface area contributed by atoms with E-state index in [1.54, 1.807) is 7.11 Å². The van der Waals surface area contributed by atoms with Gasteiger partial charge < -0.3 is 10.1 Å². The lowest BCUT2D eigenvalue weighted by Gasteiger charge is -2.19. The van der Waals surface area contributed by atoms with Crippen molar-refractivity contribution >= 4 is 21.6 Å². The number of ether oxygens (including phenoxy) is 1. The SMILES string of the molecule is CCCC(COC)Nc1ccc(Br)cc1C#N. The number of benzene rings is 1. The second-order valence-corrected chi connectivity index (χ2v) is 4.80. The molecule has 0 aliphatic rings. The lowest BCUT2D eigenvalue weighted by atomic mass is 10.1. The highest BCUT2D eigenvalue weighted by Crippen LogP contribution is 2.21.